The van der Waals surface area contributed by atoms with E-state index in [0.29, 0.717) is 6.54 Å². The minimum Gasteiger partial charge on any atom is -0.466 e. The molecule has 114 valence electrons. The van der Waals surface area contributed by atoms with Gasteiger partial charge in [-0.15, -0.1) is 0 Å². The van der Waals surface area contributed by atoms with Gasteiger partial charge in [0.1, 0.15) is 23.2 Å². The van der Waals surface area contributed by atoms with E-state index in [1.807, 2.05) is 26.8 Å². The van der Waals surface area contributed by atoms with Crippen LogP contribution in [0, 0.1) is 25.5 Å². The monoisotopic (exact) mass is 357 g/mol. The number of nitrogens with one attached hydrogen (secondary N) is 1. The second-order valence-corrected chi connectivity index (χ2v) is 5.86. The molecule has 0 bridgehead atoms. The molecule has 1 atom stereocenters. The topological polar surface area (TPSA) is 25.2 Å². The van der Waals surface area contributed by atoms with Crippen LogP contribution in [0.2, 0.25) is 0 Å². The zero-order valence-corrected chi connectivity index (χ0v) is 13.9. The summed E-state index contributed by atoms with van der Waals surface area (Å²) in [4.78, 5) is 0. The highest BCUT2D eigenvalue weighted by molar-refractivity contribution is 9.10. The molecule has 1 aromatic carbocycles. The minimum absolute atomic E-state index is 0.0774. The lowest BCUT2D eigenvalue weighted by atomic mass is 9.98. The molecule has 0 aliphatic rings. The summed E-state index contributed by atoms with van der Waals surface area (Å²) in [5, 5.41) is 3.27. The zero-order valence-electron chi connectivity index (χ0n) is 12.3. The normalized spacial score (nSPS) is 12.7. The van der Waals surface area contributed by atoms with Gasteiger partial charge >= 0.3 is 0 Å². The number of rotatable bonds is 5. The summed E-state index contributed by atoms with van der Waals surface area (Å²) < 4.78 is 33.9. The summed E-state index contributed by atoms with van der Waals surface area (Å²) in [7, 11) is 0. The summed E-state index contributed by atoms with van der Waals surface area (Å²) in [6.07, 6.45) is 0.227. The Labute approximate surface area is 131 Å². The Hall–Kier alpha value is -1.20. The Kier molecular flexibility index (Phi) is 5.17. The van der Waals surface area contributed by atoms with Gasteiger partial charge in [-0.1, -0.05) is 6.92 Å². The number of hydrogen-bond donors (Lipinski definition) is 1. The van der Waals surface area contributed by atoms with E-state index in [-0.39, 0.29) is 22.5 Å². The van der Waals surface area contributed by atoms with Crippen LogP contribution in [0.1, 0.15) is 35.6 Å². The lowest BCUT2D eigenvalue weighted by Crippen LogP contribution is -2.24. The second kappa shape index (κ2) is 6.71. The Morgan fingerprint density at radius 2 is 2.00 bits per heavy atom. The molecule has 2 nitrogen and oxygen atoms in total. The molecule has 0 aliphatic carbocycles. The maximum absolute atomic E-state index is 14.1. The molecular formula is C16H18BrF2NO. The molecule has 0 fully saturated rings. The fourth-order valence-corrected chi connectivity index (χ4v) is 2.87. The fourth-order valence-electron chi connectivity index (χ4n) is 2.50. The van der Waals surface area contributed by atoms with Gasteiger partial charge in [0.05, 0.1) is 4.47 Å². The second-order valence-electron chi connectivity index (χ2n) is 5.00. The van der Waals surface area contributed by atoms with E-state index in [1.165, 1.54) is 12.1 Å². The first-order valence-corrected chi connectivity index (χ1v) is 7.66. The highest BCUT2D eigenvalue weighted by Gasteiger charge is 2.21. The molecule has 1 aromatic heterocycles. The number of likely N-dealkylation sites (N-methyl/N-ethyl adjacent to an activating group) is 1. The van der Waals surface area contributed by atoms with Crippen molar-refractivity contribution in [3.63, 3.8) is 0 Å². The van der Waals surface area contributed by atoms with E-state index in [9.17, 15) is 8.78 Å². The van der Waals surface area contributed by atoms with Crippen LogP contribution in [0.15, 0.2) is 27.1 Å². The van der Waals surface area contributed by atoms with Gasteiger partial charge in [-0.25, -0.2) is 8.78 Å². The Balaban J connectivity index is 2.37. The highest BCUT2D eigenvalue weighted by atomic mass is 79.9. The van der Waals surface area contributed by atoms with E-state index in [1.54, 1.807) is 0 Å². The largest absolute Gasteiger partial charge is 0.466 e. The number of halogens is 3. The summed E-state index contributed by atoms with van der Waals surface area (Å²) in [5.41, 5.74) is 1.02. The van der Waals surface area contributed by atoms with Gasteiger partial charge in [0.2, 0.25) is 0 Å². The average molecular weight is 358 g/mol. The van der Waals surface area contributed by atoms with Crippen molar-refractivity contribution < 1.29 is 13.2 Å². The van der Waals surface area contributed by atoms with Gasteiger partial charge in [0.15, 0.2) is 0 Å². The van der Waals surface area contributed by atoms with Crippen molar-refractivity contribution in [1.29, 1.82) is 0 Å². The molecule has 1 N–H and O–H groups in total. The average Bonchev–Trinajstić information content (AvgIpc) is 2.77. The van der Waals surface area contributed by atoms with Crippen LogP contribution in [-0.2, 0) is 6.42 Å². The molecule has 0 radical (unpaired) electrons. The maximum Gasteiger partial charge on any atom is 0.143 e. The molecule has 5 heteroatoms. The molecule has 0 amide bonds. The summed E-state index contributed by atoms with van der Waals surface area (Å²) in [6.45, 7) is 6.38. The van der Waals surface area contributed by atoms with E-state index >= 15 is 0 Å². The van der Waals surface area contributed by atoms with E-state index < -0.39 is 11.6 Å². The van der Waals surface area contributed by atoms with Crippen LogP contribution in [-0.4, -0.2) is 6.54 Å². The van der Waals surface area contributed by atoms with Crippen molar-refractivity contribution in [2.45, 2.75) is 33.2 Å². The highest BCUT2D eigenvalue weighted by Crippen LogP contribution is 2.29. The predicted molar refractivity (Wildman–Crippen MR) is 82.4 cm³/mol. The molecular weight excluding hydrogens is 340 g/mol. The smallest absolute Gasteiger partial charge is 0.143 e. The Bertz CT molecular complexity index is 639. The first-order chi connectivity index (χ1) is 9.93. The zero-order chi connectivity index (χ0) is 15.6. The standard InChI is InChI=1S/C16H18BrF2NO/c1-4-20-15(11-7-9(2)21-10(11)3)8-12-14(18)6-5-13(17)16(12)19/h5-7,15,20H,4,8H2,1-3H3. The minimum atomic E-state index is -0.546. The first kappa shape index (κ1) is 16.2. The van der Waals surface area contributed by atoms with Gasteiger partial charge < -0.3 is 9.73 Å². The van der Waals surface area contributed by atoms with E-state index in [0.717, 1.165) is 17.1 Å². The third kappa shape index (κ3) is 3.52. The van der Waals surface area contributed by atoms with E-state index in [2.05, 4.69) is 21.2 Å². The molecule has 21 heavy (non-hydrogen) atoms. The molecule has 2 aromatic rings. The van der Waals surface area contributed by atoms with E-state index in [4.69, 9.17) is 4.42 Å². The number of furan rings is 1. The van der Waals surface area contributed by atoms with Crippen molar-refractivity contribution in [2.24, 2.45) is 0 Å². The van der Waals surface area contributed by atoms with Crippen LogP contribution in [0.3, 0.4) is 0 Å². The fraction of sp³-hybridized carbons (Fsp3) is 0.375. The van der Waals surface area contributed by atoms with Crippen molar-refractivity contribution in [3.05, 3.63) is 57.0 Å². The molecule has 0 spiro atoms. The quantitative estimate of drug-likeness (QED) is 0.775. The number of hydrogen-bond acceptors (Lipinski definition) is 2. The van der Waals surface area contributed by atoms with Crippen molar-refractivity contribution in [1.82, 2.24) is 5.32 Å². The lowest BCUT2D eigenvalue weighted by molar-refractivity contribution is 0.472. The van der Waals surface area contributed by atoms with Crippen LogP contribution in [0.25, 0.3) is 0 Å². The molecule has 0 saturated carbocycles. The molecule has 0 saturated heterocycles. The molecule has 2 rings (SSSR count). The first-order valence-electron chi connectivity index (χ1n) is 6.86. The number of aryl methyl sites for hydroxylation is 2. The van der Waals surface area contributed by atoms with Gasteiger partial charge in [-0.3, -0.25) is 0 Å². The Morgan fingerprint density at radius 1 is 1.29 bits per heavy atom. The van der Waals surface area contributed by atoms with Crippen molar-refractivity contribution in [3.8, 4) is 0 Å². The Morgan fingerprint density at radius 3 is 2.57 bits per heavy atom. The van der Waals surface area contributed by atoms with Gasteiger partial charge in [-0.2, -0.15) is 0 Å². The SMILES string of the molecule is CCNC(Cc1c(F)ccc(Br)c1F)c1cc(C)oc1C. The third-order valence-electron chi connectivity index (χ3n) is 3.45. The van der Waals surface area contributed by atoms with Crippen LogP contribution >= 0.6 is 15.9 Å². The predicted octanol–water partition coefficient (Wildman–Crippen LogP) is 4.83. The van der Waals surface area contributed by atoms with Crippen molar-refractivity contribution >= 4 is 15.9 Å². The summed E-state index contributed by atoms with van der Waals surface area (Å²) in [6, 6.07) is 4.38. The summed E-state index contributed by atoms with van der Waals surface area (Å²) in [5.74, 6) is 0.488. The van der Waals surface area contributed by atoms with Gasteiger partial charge in [-0.05, 0) is 60.9 Å². The maximum atomic E-state index is 14.1. The van der Waals surface area contributed by atoms with Gasteiger partial charge in [0, 0.05) is 17.2 Å². The molecule has 1 unspecified atom stereocenters. The van der Waals surface area contributed by atoms with Crippen LogP contribution in [0.5, 0.6) is 0 Å². The van der Waals surface area contributed by atoms with Crippen LogP contribution in [0.4, 0.5) is 8.78 Å². The molecule has 0 aliphatic heterocycles. The third-order valence-corrected chi connectivity index (χ3v) is 4.06. The van der Waals surface area contributed by atoms with Crippen LogP contribution < -0.4 is 5.32 Å². The van der Waals surface area contributed by atoms with Gasteiger partial charge in [0.25, 0.3) is 0 Å². The number of benzene rings is 1. The van der Waals surface area contributed by atoms with Crippen molar-refractivity contribution in [2.75, 3.05) is 6.54 Å². The summed E-state index contributed by atoms with van der Waals surface area (Å²) >= 11 is 3.10. The molecule has 1 heterocycles. The lowest BCUT2D eigenvalue weighted by Gasteiger charge is -2.18.